The van der Waals surface area contributed by atoms with Crippen molar-refractivity contribution in [2.45, 2.75) is 26.4 Å². The summed E-state index contributed by atoms with van der Waals surface area (Å²) in [7, 11) is 0. The molecule has 2 aromatic rings. The minimum absolute atomic E-state index is 0.126. The van der Waals surface area contributed by atoms with Crippen LogP contribution in [0.25, 0.3) is 0 Å². The Labute approximate surface area is 170 Å². The van der Waals surface area contributed by atoms with Crippen LogP contribution in [0.4, 0.5) is 0 Å². The van der Waals surface area contributed by atoms with E-state index in [1.807, 2.05) is 13.8 Å². The van der Waals surface area contributed by atoms with Crippen LogP contribution < -0.4 is 10.6 Å². The minimum atomic E-state index is -1.17. The van der Waals surface area contributed by atoms with Crippen LogP contribution in [0.2, 0.25) is 0 Å². The molecule has 0 bridgehead atoms. The highest BCUT2D eigenvalue weighted by Crippen LogP contribution is 2.19. The highest BCUT2D eigenvalue weighted by atomic mass is 16.4. The molecule has 2 aromatic carbocycles. The second kappa shape index (κ2) is 10.6. The molecule has 1 amide bonds. The molecule has 7 heteroatoms. The predicted octanol–water partition coefficient (Wildman–Crippen LogP) is 2.34. The number of carboxylic acid groups (broad SMARTS) is 1. The fourth-order valence-corrected chi connectivity index (χ4v) is 2.76. The number of phenols is 1. The molecule has 0 saturated heterocycles. The van der Waals surface area contributed by atoms with E-state index < -0.39 is 12.1 Å². The van der Waals surface area contributed by atoms with E-state index in [1.165, 1.54) is 12.1 Å². The van der Waals surface area contributed by atoms with Crippen LogP contribution in [0.5, 0.6) is 5.75 Å². The van der Waals surface area contributed by atoms with Crippen molar-refractivity contribution in [3.63, 3.8) is 0 Å². The molecule has 0 saturated carbocycles. The van der Waals surface area contributed by atoms with Gasteiger partial charge in [0.25, 0.3) is 5.91 Å². The first-order valence-corrected chi connectivity index (χ1v) is 9.60. The lowest BCUT2D eigenvalue weighted by atomic mass is 10.1. The Balaban J connectivity index is 1.79. The van der Waals surface area contributed by atoms with Crippen LogP contribution >= 0.6 is 0 Å². The highest BCUT2D eigenvalue weighted by Gasteiger charge is 2.11. The molecule has 0 aliphatic rings. The summed E-state index contributed by atoms with van der Waals surface area (Å²) in [6.45, 7) is 5.56. The van der Waals surface area contributed by atoms with E-state index >= 15 is 0 Å². The fourth-order valence-electron chi connectivity index (χ4n) is 2.76. The van der Waals surface area contributed by atoms with Crippen molar-refractivity contribution < 1.29 is 24.9 Å². The fraction of sp³-hybridized carbons (Fsp3) is 0.364. The molecule has 7 nitrogen and oxygen atoms in total. The van der Waals surface area contributed by atoms with Crippen LogP contribution in [0.15, 0.2) is 42.5 Å². The maximum Gasteiger partial charge on any atom is 0.339 e. The standard InChI is InChI=1S/C22H28N2O5/c1-14(2)12-24-21(27)17-6-4-16(5-7-17)20(26)13-23-10-9-15-3-8-18(22(28)29)19(25)11-15/h3-8,11,14,20,23,25-26H,9-10,12-13H2,1-2H3,(H,24,27)(H,28,29). The van der Waals surface area contributed by atoms with E-state index in [-0.39, 0.29) is 17.2 Å². The first kappa shape index (κ1) is 22.4. The van der Waals surface area contributed by atoms with Crippen molar-refractivity contribution in [2.24, 2.45) is 5.92 Å². The number of aliphatic hydroxyl groups is 1. The molecule has 0 aliphatic heterocycles. The van der Waals surface area contributed by atoms with E-state index in [0.717, 1.165) is 5.56 Å². The van der Waals surface area contributed by atoms with Gasteiger partial charge in [-0.15, -0.1) is 0 Å². The average Bonchev–Trinajstić information content (AvgIpc) is 2.69. The largest absolute Gasteiger partial charge is 0.507 e. The van der Waals surface area contributed by atoms with Gasteiger partial charge in [0.2, 0.25) is 0 Å². The zero-order valence-electron chi connectivity index (χ0n) is 16.7. The Morgan fingerprint density at radius 2 is 1.72 bits per heavy atom. The van der Waals surface area contributed by atoms with Gasteiger partial charge in [0, 0.05) is 18.7 Å². The molecule has 1 unspecified atom stereocenters. The van der Waals surface area contributed by atoms with E-state index in [0.29, 0.717) is 43.1 Å². The number of aromatic carboxylic acids is 1. The molecule has 0 radical (unpaired) electrons. The number of benzene rings is 2. The number of nitrogens with one attached hydrogen (secondary N) is 2. The summed E-state index contributed by atoms with van der Waals surface area (Å²) >= 11 is 0. The maximum atomic E-state index is 12.0. The summed E-state index contributed by atoms with van der Waals surface area (Å²) in [6, 6.07) is 11.3. The smallest absolute Gasteiger partial charge is 0.339 e. The highest BCUT2D eigenvalue weighted by molar-refractivity contribution is 5.94. The van der Waals surface area contributed by atoms with Crippen molar-refractivity contribution in [3.05, 3.63) is 64.7 Å². The second-order valence-electron chi connectivity index (χ2n) is 7.35. The minimum Gasteiger partial charge on any atom is -0.507 e. The number of aromatic hydroxyl groups is 1. The van der Waals surface area contributed by atoms with Gasteiger partial charge in [0.15, 0.2) is 0 Å². The van der Waals surface area contributed by atoms with Crippen molar-refractivity contribution in [3.8, 4) is 5.75 Å². The molecule has 1 atom stereocenters. The number of carbonyl (C=O) groups is 2. The number of amides is 1. The SMILES string of the molecule is CC(C)CNC(=O)c1ccc(C(O)CNCCc2ccc(C(=O)O)c(O)c2)cc1. The number of rotatable bonds is 10. The lowest BCUT2D eigenvalue weighted by Gasteiger charge is -2.13. The summed E-state index contributed by atoms with van der Waals surface area (Å²) in [6.07, 6.45) is -0.139. The third-order valence-electron chi connectivity index (χ3n) is 4.45. The van der Waals surface area contributed by atoms with Crippen LogP contribution in [-0.2, 0) is 6.42 Å². The molecule has 0 aromatic heterocycles. The van der Waals surface area contributed by atoms with Gasteiger partial charge < -0.3 is 26.0 Å². The Bertz CT molecular complexity index is 834. The van der Waals surface area contributed by atoms with Crippen LogP contribution in [0.3, 0.4) is 0 Å². The Morgan fingerprint density at radius 1 is 1.03 bits per heavy atom. The van der Waals surface area contributed by atoms with Gasteiger partial charge in [-0.05, 0) is 54.3 Å². The van der Waals surface area contributed by atoms with E-state index in [4.69, 9.17) is 5.11 Å². The maximum absolute atomic E-state index is 12.0. The molecule has 156 valence electrons. The summed E-state index contributed by atoms with van der Waals surface area (Å²) in [5, 5.41) is 34.9. The molecule has 0 heterocycles. The van der Waals surface area contributed by atoms with E-state index in [2.05, 4.69) is 10.6 Å². The van der Waals surface area contributed by atoms with Gasteiger partial charge in [-0.3, -0.25) is 4.79 Å². The van der Waals surface area contributed by atoms with Gasteiger partial charge in [0.1, 0.15) is 11.3 Å². The Morgan fingerprint density at radius 3 is 2.31 bits per heavy atom. The van der Waals surface area contributed by atoms with Gasteiger partial charge in [0.05, 0.1) is 6.10 Å². The van der Waals surface area contributed by atoms with E-state index in [1.54, 1.807) is 30.3 Å². The van der Waals surface area contributed by atoms with Crippen LogP contribution in [-0.4, -0.2) is 46.8 Å². The van der Waals surface area contributed by atoms with Crippen molar-refractivity contribution in [1.82, 2.24) is 10.6 Å². The lowest BCUT2D eigenvalue weighted by Crippen LogP contribution is -2.27. The molecule has 2 rings (SSSR count). The van der Waals surface area contributed by atoms with E-state index in [9.17, 15) is 19.8 Å². The molecular weight excluding hydrogens is 372 g/mol. The summed E-state index contributed by atoms with van der Waals surface area (Å²) in [4.78, 5) is 22.9. The third kappa shape index (κ3) is 6.89. The van der Waals surface area contributed by atoms with Gasteiger partial charge in [-0.2, -0.15) is 0 Å². The topological polar surface area (TPSA) is 119 Å². The van der Waals surface area contributed by atoms with Crippen LogP contribution in [0, 0.1) is 5.92 Å². The average molecular weight is 400 g/mol. The first-order chi connectivity index (χ1) is 13.8. The van der Waals surface area contributed by atoms with Crippen LogP contribution in [0.1, 0.15) is 51.8 Å². The van der Waals surface area contributed by atoms with Crippen molar-refractivity contribution in [1.29, 1.82) is 0 Å². The number of carboxylic acids is 1. The zero-order valence-corrected chi connectivity index (χ0v) is 16.7. The monoisotopic (exact) mass is 400 g/mol. The zero-order chi connectivity index (χ0) is 21.4. The van der Waals surface area contributed by atoms with Gasteiger partial charge in [-0.1, -0.05) is 32.0 Å². The third-order valence-corrected chi connectivity index (χ3v) is 4.45. The number of carbonyl (C=O) groups excluding carboxylic acids is 1. The summed E-state index contributed by atoms with van der Waals surface area (Å²) in [5.41, 5.74) is 1.94. The lowest BCUT2D eigenvalue weighted by molar-refractivity contribution is 0.0693. The predicted molar refractivity (Wildman–Crippen MR) is 110 cm³/mol. The molecule has 0 aliphatic carbocycles. The number of hydrogen-bond donors (Lipinski definition) is 5. The summed E-state index contributed by atoms with van der Waals surface area (Å²) < 4.78 is 0. The van der Waals surface area contributed by atoms with Crippen molar-refractivity contribution in [2.75, 3.05) is 19.6 Å². The Kier molecular flexibility index (Phi) is 8.18. The normalized spacial score (nSPS) is 12.0. The molecule has 0 spiro atoms. The molecule has 5 N–H and O–H groups in total. The number of aliphatic hydroxyl groups excluding tert-OH is 1. The van der Waals surface area contributed by atoms with Gasteiger partial charge >= 0.3 is 5.97 Å². The first-order valence-electron chi connectivity index (χ1n) is 9.60. The molecular formula is C22H28N2O5. The molecule has 29 heavy (non-hydrogen) atoms. The van der Waals surface area contributed by atoms with Gasteiger partial charge in [-0.25, -0.2) is 4.79 Å². The quantitative estimate of drug-likeness (QED) is 0.391. The molecule has 0 fully saturated rings. The number of hydrogen-bond acceptors (Lipinski definition) is 5. The second-order valence-corrected chi connectivity index (χ2v) is 7.35. The summed E-state index contributed by atoms with van der Waals surface area (Å²) in [5.74, 6) is -1.17. The Hall–Kier alpha value is -2.90. The van der Waals surface area contributed by atoms with Crippen molar-refractivity contribution >= 4 is 11.9 Å².